The smallest absolute Gasteiger partial charge is 0.188 e. The lowest BCUT2D eigenvalue weighted by Gasteiger charge is -2.06. The predicted octanol–water partition coefficient (Wildman–Crippen LogP) is 3.94. The third kappa shape index (κ3) is 4.63. The van der Waals surface area contributed by atoms with Gasteiger partial charge in [0, 0.05) is 6.42 Å². The van der Waals surface area contributed by atoms with Gasteiger partial charge in [-0.1, -0.05) is 31.5 Å². The Morgan fingerprint density at radius 1 is 1.20 bits per heavy atom. The SMILES string of the molecule is CCCCC(=Nc1ccccc1)OCC. The van der Waals surface area contributed by atoms with Crippen molar-refractivity contribution in [3.63, 3.8) is 0 Å². The molecule has 0 aliphatic heterocycles. The summed E-state index contributed by atoms with van der Waals surface area (Å²) >= 11 is 0. The van der Waals surface area contributed by atoms with Gasteiger partial charge in [-0.3, -0.25) is 0 Å². The van der Waals surface area contributed by atoms with E-state index in [0.717, 1.165) is 24.4 Å². The first-order chi connectivity index (χ1) is 7.36. The van der Waals surface area contributed by atoms with Crippen LogP contribution in [0, 0.1) is 0 Å². The highest BCUT2D eigenvalue weighted by atomic mass is 16.5. The fraction of sp³-hybridized carbons (Fsp3) is 0.462. The average Bonchev–Trinajstić information content (AvgIpc) is 2.28. The fourth-order valence-corrected chi connectivity index (χ4v) is 1.30. The number of rotatable bonds is 5. The van der Waals surface area contributed by atoms with Crippen LogP contribution in [0.3, 0.4) is 0 Å². The summed E-state index contributed by atoms with van der Waals surface area (Å²) in [5, 5.41) is 0. The first-order valence-electron chi connectivity index (χ1n) is 5.62. The zero-order valence-corrected chi connectivity index (χ0v) is 9.57. The van der Waals surface area contributed by atoms with Gasteiger partial charge in [0.05, 0.1) is 12.3 Å². The van der Waals surface area contributed by atoms with Crippen LogP contribution >= 0.6 is 0 Å². The van der Waals surface area contributed by atoms with E-state index in [1.807, 2.05) is 37.3 Å². The summed E-state index contributed by atoms with van der Waals surface area (Å²) in [5.74, 6) is 0.852. The van der Waals surface area contributed by atoms with Gasteiger partial charge in [-0.15, -0.1) is 0 Å². The summed E-state index contributed by atoms with van der Waals surface area (Å²) in [6.07, 6.45) is 3.23. The maximum absolute atomic E-state index is 5.50. The lowest BCUT2D eigenvalue weighted by molar-refractivity contribution is 0.316. The normalized spacial score (nSPS) is 11.5. The first kappa shape index (κ1) is 11.8. The molecule has 1 rings (SSSR count). The summed E-state index contributed by atoms with van der Waals surface area (Å²) in [7, 11) is 0. The number of para-hydroxylation sites is 1. The van der Waals surface area contributed by atoms with Crippen molar-refractivity contribution in [2.45, 2.75) is 33.1 Å². The molecule has 0 saturated heterocycles. The Morgan fingerprint density at radius 3 is 2.53 bits per heavy atom. The highest BCUT2D eigenvalue weighted by molar-refractivity contribution is 5.79. The van der Waals surface area contributed by atoms with E-state index < -0.39 is 0 Å². The lowest BCUT2D eigenvalue weighted by atomic mass is 10.2. The molecule has 0 heterocycles. The summed E-state index contributed by atoms with van der Waals surface area (Å²) in [6, 6.07) is 9.95. The van der Waals surface area contributed by atoms with Crippen LogP contribution in [0.1, 0.15) is 33.1 Å². The maximum Gasteiger partial charge on any atom is 0.188 e. The minimum Gasteiger partial charge on any atom is -0.481 e. The Kier molecular flexibility index (Phi) is 5.52. The largest absolute Gasteiger partial charge is 0.481 e. The molecule has 1 aromatic rings. The Labute approximate surface area is 92.0 Å². The van der Waals surface area contributed by atoms with Crippen LogP contribution in [0.25, 0.3) is 0 Å². The molecule has 0 saturated carbocycles. The Hall–Kier alpha value is -1.31. The Balaban J connectivity index is 2.65. The monoisotopic (exact) mass is 205 g/mol. The molecule has 15 heavy (non-hydrogen) atoms. The zero-order valence-electron chi connectivity index (χ0n) is 9.57. The van der Waals surface area contributed by atoms with Crippen molar-refractivity contribution in [1.29, 1.82) is 0 Å². The number of hydrogen-bond acceptors (Lipinski definition) is 2. The van der Waals surface area contributed by atoms with Gasteiger partial charge in [-0.05, 0) is 25.5 Å². The number of nitrogens with zero attached hydrogens (tertiary/aromatic N) is 1. The van der Waals surface area contributed by atoms with Gasteiger partial charge in [-0.25, -0.2) is 4.99 Å². The highest BCUT2D eigenvalue weighted by Crippen LogP contribution is 2.12. The third-order valence-corrected chi connectivity index (χ3v) is 2.07. The number of hydrogen-bond donors (Lipinski definition) is 0. The topological polar surface area (TPSA) is 21.6 Å². The van der Waals surface area contributed by atoms with Gasteiger partial charge in [0.25, 0.3) is 0 Å². The number of benzene rings is 1. The fourth-order valence-electron chi connectivity index (χ4n) is 1.30. The van der Waals surface area contributed by atoms with Crippen LogP contribution in [0.15, 0.2) is 35.3 Å². The van der Waals surface area contributed by atoms with E-state index in [4.69, 9.17) is 4.74 Å². The molecule has 82 valence electrons. The van der Waals surface area contributed by atoms with Crippen LogP contribution < -0.4 is 0 Å². The molecule has 0 atom stereocenters. The molecule has 0 radical (unpaired) electrons. The maximum atomic E-state index is 5.50. The van der Waals surface area contributed by atoms with E-state index >= 15 is 0 Å². The van der Waals surface area contributed by atoms with E-state index in [-0.39, 0.29) is 0 Å². The van der Waals surface area contributed by atoms with Crippen molar-refractivity contribution in [2.75, 3.05) is 6.61 Å². The Morgan fingerprint density at radius 2 is 1.93 bits per heavy atom. The molecule has 0 bridgehead atoms. The van der Waals surface area contributed by atoms with Gasteiger partial charge >= 0.3 is 0 Å². The molecular formula is C13H19NO. The van der Waals surface area contributed by atoms with Crippen molar-refractivity contribution >= 4 is 11.6 Å². The highest BCUT2D eigenvalue weighted by Gasteiger charge is 1.99. The number of ether oxygens (including phenoxy) is 1. The lowest BCUT2D eigenvalue weighted by Crippen LogP contribution is -2.03. The molecule has 0 N–H and O–H groups in total. The predicted molar refractivity (Wildman–Crippen MR) is 64.7 cm³/mol. The molecular weight excluding hydrogens is 186 g/mol. The van der Waals surface area contributed by atoms with E-state index in [9.17, 15) is 0 Å². The van der Waals surface area contributed by atoms with Gasteiger partial charge in [0.2, 0.25) is 0 Å². The van der Waals surface area contributed by atoms with Gasteiger partial charge < -0.3 is 4.74 Å². The molecule has 0 fully saturated rings. The van der Waals surface area contributed by atoms with Crippen molar-refractivity contribution in [2.24, 2.45) is 4.99 Å². The van der Waals surface area contributed by atoms with Crippen LogP contribution in [0.2, 0.25) is 0 Å². The van der Waals surface area contributed by atoms with Crippen LogP contribution in [-0.4, -0.2) is 12.5 Å². The quantitative estimate of drug-likeness (QED) is 0.527. The summed E-state index contributed by atoms with van der Waals surface area (Å²) < 4.78 is 5.50. The first-order valence-corrected chi connectivity index (χ1v) is 5.62. The van der Waals surface area contributed by atoms with Crippen molar-refractivity contribution in [3.8, 4) is 0 Å². The van der Waals surface area contributed by atoms with Crippen LogP contribution in [0.5, 0.6) is 0 Å². The number of unbranched alkanes of at least 4 members (excludes halogenated alkanes) is 1. The standard InChI is InChI=1S/C13H19NO/c1-3-5-11-13(15-4-2)14-12-9-7-6-8-10-12/h6-10H,3-5,11H2,1-2H3. The molecule has 0 aliphatic rings. The van der Waals surface area contributed by atoms with Gasteiger partial charge in [-0.2, -0.15) is 0 Å². The van der Waals surface area contributed by atoms with Crippen molar-refractivity contribution < 1.29 is 4.74 Å². The third-order valence-electron chi connectivity index (χ3n) is 2.07. The molecule has 0 spiro atoms. The van der Waals surface area contributed by atoms with Crippen LogP contribution in [-0.2, 0) is 4.74 Å². The molecule has 2 nitrogen and oxygen atoms in total. The van der Waals surface area contributed by atoms with E-state index in [1.165, 1.54) is 6.42 Å². The van der Waals surface area contributed by atoms with E-state index in [0.29, 0.717) is 6.61 Å². The summed E-state index contributed by atoms with van der Waals surface area (Å²) in [4.78, 5) is 4.48. The zero-order chi connectivity index (χ0) is 10.9. The Bertz CT molecular complexity index is 293. The second-order valence-electron chi connectivity index (χ2n) is 3.38. The second-order valence-corrected chi connectivity index (χ2v) is 3.38. The minimum atomic E-state index is 0.690. The molecule has 0 aliphatic carbocycles. The van der Waals surface area contributed by atoms with Gasteiger partial charge in [0.1, 0.15) is 0 Å². The summed E-state index contributed by atoms with van der Waals surface area (Å²) in [5.41, 5.74) is 0.969. The molecule has 0 amide bonds. The van der Waals surface area contributed by atoms with E-state index in [1.54, 1.807) is 0 Å². The average molecular weight is 205 g/mol. The molecule has 2 heteroatoms. The van der Waals surface area contributed by atoms with Crippen LogP contribution in [0.4, 0.5) is 5.69 Å². The molecule has 1 aromatic carbocycles. The molecule has 0 unspecified atom stereocenters. The second kappa shape index (κ2) is 7.04. The van der Waals surface area contributed by atoms with Crippen molar-refractivity contribution in [1.82, 2.24) is 0 Å². The molecule has 0 aromatic heterocycles. The number of aliphatic imine (C=N–C) groups is 1. The van der Waals surface area contributed by atoms with E-state index in [2.05, 4.69) is 11.9 Å². The minimum absolute atomic E-state index is 0.690. The summed E-state index contributed by atoms with van der Waals surface area (Å²) in [6.45, 7) is 4.86. The van der Waals surface area contributed by atoms with Gasteiger partial charge in [0.15, 0.2) is 5.90 Å². The van der Waals surface area contributed by atoms with Crippen molar-refractivity contribution in [3.05, 3.63) is 30.3 Å².